The maximum absolute atomic E-state index is 12.6. The molecule has 0 unspecified atom stereocenters. The smallest absolute Gasteiger partial charge is 0.223 e. The minimum atomic E-state index is -0.463. The Kier molecular flexibility index (Phi) is 4.03. The van der Waals surface area contributed by atoms with Gasteiger partial charge in [-0.25, -0.2) is 0 Å². The summed E-state index contributed by atoms with van der Waals surface area (Å²) in [5, 5.41) is 8.45. The number of hydrogen-bond acceptors (Lipinski definition) is 4. The summed E-state index contributed by atoms with van der Waals surface area (Å²) in [5.41, 5.74) is 1.81. The summed E-state index contributed by atoms with van der Waals surface area (Å²) in [5.74, 6) is 1.19. The molecule has 0 spiro atoms. The SMILES string of the molecule is Cc1nc(C2(NC(=O)CCc3c[nH]c4ccccc34)CCCC2)no1. The highest BCUT2D eigenvalue weighted by atomic mass is 16.5. The van der Waals surface area contributed by atoms with Crippen LogP contribution in [0.2, 0.25) is 0 Å². The van der Waals surface area contributed by atoms with E-state index in [4.69, 9.17) is 4.52 Å². The third-order valence-corrected chi connectivity index (χ3v) is 5.09. The van der Waals surface area contributed by atoms with Crippen molar-refractivity contribution < 1.29 is 9.32 Å². The van der Waals surface area contributed by atoms with Gasteiger partial charge in [0.15, 0.2) is 5.82 Å². The molecule has 4 rings (SSSR count). The third kappa shape index (κ3) is 3.04. The van der Waals surface area contributed by atoms with Crippen LogP contribution in [0.25, 0.3) is 10.9 Å². The Labute approximate surface area is 146 Å². The Balaban J connectivity index is 1.45. The van der Waals surface area contributed by atoms with E-state index in [0.29, 0.717) is 24.6 Å². The predicted molar refractivity (Wildman–Crippen MR) is 93.9 cm³/mol. The number of benzene rings is 1. The van der Waals surface area contributed by atoms with Crippen molar-refractivity contribution in [3.05, 3.63) is 47.7 Å². The van der Waals surface area contributed by atoms with Gasteiger partial charge in [0.25, 0.3) is 0 Å². The Morgan fingerprint density at radius 3 is 2.88 bits per heavy atom. The normalized spacial score (nSPS) is 16.4. The van der Waals surface area contributed by atoms with Crippen molar-refractivity contribution in [3.8, 4) is 0 Å². The van der Waals surface area contributed by atoms with Gasteiger partial charge >= 0.3 is 0 Å². The fraction of sp³-hybridized carbons (Fsp3) is 0.421. The van der Waals surface area contributed by atoms with E-state index in [-0.39, 0.29) is 5.91 Å². The number of amides is 1. The summed E-state index contributed by atoms with van der Waals surface area (Å²) in [4.78, 5) is 20.2. The van der Waals surface area contributed by atoms with Crippen molar-refractivity contribution >= 4 is 16.8 Å². The summed E-state index contributed by atoms with van der Waals surface area (Å²) >= 11 is 0. The molecule has 6 nitrogen and oxygen atoms in total. The number of nitrogens with zero attached hydrogens (tertiary/aromatic N) is 2. The molecule has 2 aromatic heterocycles. The monoisotopic (exact) mass is 338 g/mol. The van der Waals surface area contributed by atoms with Crippen LogP contribution in [0.15, 0.2) is 35.0 Å². The molecule has 1 saturated carbocycles. The summed E-state index contributed by atoms with van der Waals surface area (Å²) < 4.78 is 5.13. The number of aromatic amines is 1. The Morgan fingerprint density at radius 2 is 2.12 bits per heavy atom. The molecular weight excluding hydrogens is 316 g/mol. The minimum Gasteiger partial charge on any atom is -0.361 e. The molecule has 0 bridgehead atoms. The zero-order valence-corrected chi connectivity index (χ0v) is 14.3. The van der Waals surface area contributed by atoms with Crippen LogP contribution in [0.1, 0.15) is 49.4 Å². The minimum absolute atomic E-state index is 0.0367. The highest BCUT2D eigenvalue weighted by Gasteiger charge is 2.41. The van der Waals surface area contributed by atoms with Gasteiger partial charge in [0, 0.05) is 30.4 Å². The van der Waals surface area contributed by atoms with E-state index in [2.05, 4.69) is 26.5 Å². The van der Waals surface area contributed by atoms with E-state index < -0.39 is 5.54 Å². The van der Waals surface area contributed by atoms with E-state index in [1.807, 2.05) is 24.4 Å². The molecular formula is C19H22N4O2. The van der Waals surface area contributed by atoms with E-state index >= 15 is 0 Å². The zero-order chi connectivity index (χ0) is 17.3. The van der Waals surface area contributed by atoms with E-state index in [9.17, 15) is 4.79 Å². The van der Waals surface area contributed by atoms with Crippen LogP contribution < -0.4 is 5.32 Å². The van der Waals surface area contributed by atoms with Crippen LogP contribution in [-0.2, 0) is 16.8 Å². The first-order valence-corrected chi connectivity index (χ1v) is 8.83. The molecule has 0 atom stereocenters. The zero-order valence-electron chi connectivity index (χ0n) is 14.3. The van der Waals surface area contributed by atoms with Crippen molar-refractivity contribution in [1.29, 1.82) is 0 Å². The van der Waals surface area contributed by atoms with Gasteiger partial charge in [-0.15, -0.1) is 0 Å². The van der Waals surface area contributed by atoms with Crippen molar-refractivity contribution in [2.75, 3.05) is 0 Å². The number of fused-ring (bicyclic) bond motifs is 1. The van der Waals surface area contributed by atoms with Crippen LogP contribution in [0.5, 0.6) is 0 Å². The average Bonchev–Trinajstić information content (AvgIpc) is 3.33. The fourth-order valence-electron chi connectivity index (χ4n) is 3.79. The topological polar surface area (TPSA) is 83.8 Å². The number of aryl methyl sites for hydroxylation is 2. The largest absolute Gasteiger partial charge is 0.361 e. The first-order chi connectivity index (χ1) is 12.2. The number of H-pyrrole nitrogens is 1. The molecule has 130 valence electrons. The summed E-state index contributed by atoms with van der Waals surface area (Å²) in [7, 11) is 0. The number of rotatable bonds is 5. The molecule has 0 aliphatic heterocycles. The molecule has 1 fully saturated rings. The second-order valence-electron chi connectivity index (χ2n) is 6.83. The summed E-state index contributed by atoms with van der Waals surface area (Å²) in [6, 6.07) is 8.16. The number of carbonyl (C=O) groups is 1. The standard InChI is InChI=1S/C19H22N4O2/c1-13-21-18(23-25-13)19(10-4-5-11-19)22-17(24)9-8-14-12-20-16-7-3-2-6-15(14)16/h2-3,6-7,12,20H,4-5,8-11H2,1H3,(H,22,24). The molecule has 1 aromatic carbocycles. The van der Waals surface area contributed by atoms with E-state index in [0.717, 1.165) is 31.2 Å². The molecule has 25 heavy (non-hydrogen) atoms. The molecule has 1 amide bonds. The van der Waals surface area contributed by atoms with Gasteiger partial charge in [0.05, 0.1) is 0 Å². The Morgan fingerprint density at radius 1 is 1.32 bits per heavy atom. The fourth-order valence-corrected chi connectivity index (χ4v) is 3.79. The molecule has 1 aliphatic rings. The number of carbonyl (C=O) groups excluding carboxylic acids is 1. The van der Waals surface area contributed by atoms with Gasteiger partial charge in [0.1, 0.15) is 5.54 Å². The lowest BCUT2D eigenvalue weighted by Crippen LogP contribution is -2.44. The van der Waals surface area contributed by atoms with Gasteiger partial charge < -0.3 is 14.8 Å². The lowest BCUT2D eigenvalue weighted by molar-refractivity contribution is -0.123. The predicted octanol–water partition coefficient (Wildman–Crippen LogP) is 3.38. The second kappa shape index (κ2) is 6.35. The first-order valence-electron chi connectivity index (χ1n) is 8.83. The second-order valence-corrected chi connectivity index (χ2v) is 6.83. The number of aromatic nitrogens is 3. The van der Waals surface area contributed by atoms with Crippen LogP contribution >= 0.6 is 0 Å². The van der Waals surface area contributed by atoms with Crippen molar-refractivity contribution in [1.82, 2.24) is 20.4 Å². The summed E-state index contributed by atoms with van der Waals surface area (Å²) in [6.07, 6.45) is 7.01. The molecule has 2 heterocycles. The number of nitrogens with one attached hydrogen (secondary N) is 2. The van der Waals surface area contributed by atoms with Crippen molar-refractivity contribution in [3.63, 3.8) is 0 Å². The van der Waals surface area contributed by atoms with Crippen LogP contribution in [0.4, 0.5) is 0 Å². The highest BCUT2D eigenvalue weighted by molar-refractivity contribution is 5.84. The van der Waals surface area contributed by atoms with Gasteiger partial charge in [-0.1, -0.05) is 36.2 Å². The molecule has 1 aliphatic carbocycles. The van der Waals surface area contributed by atoms with Gasteiger partial charge in [-0.05, 0) is 30.9 Å². The van der Waals surface area contributed by atoms with Gasteiger partial charge in [0.2, 0.25) is 11.8 Å². The number of hydrogen-bond donors (Lipinski definition) is 2. The van der Waals surface area contributed by atoms with Gasteiger partial charge in [-0.3, -0.25) is 4.79 Å². The van der Waals surface area contributed by atoms with Crippen LogP contribution in [0, 0.1) is 6.92 Å². The lowest BCUT2D eigenvalue weighted by Gasteiger charge is -2.26. The van der Waals surface area contributed by atoms with Crippen molar-refractivity contribution in [2.45, 2.75) is 51.0 Å². The first kappa shape index (κ1) is 15.9. The molecule has 0 radical (unpaired) electrons. The van der Waals surface area contributed by atoms with E-state index in [1.54, 1.807) is 6.92 Å². The Hall–Kier alpha value is -2.63. The van der Waals surface area contributed by atoms with E-state index in [1.165, 1.54) is 10.9 Å². The quantitative estimate of drug-likeness (QED) is 0.747. The molecule has 0 saturated heterocycles. The summed E-state index contributed by atoms with van der Waals surface area (Å²) in [6.45, 7) is 1.78. The van der Waals surface area contributed by atoms with Crippen LogP contribution in [-0.4, -0.2) is 21.0 Å². The highest BCUT2D eigenvalue weighted by Crippen LogP contribution is 2.37. The van der Waals surface area contributed by atoms with Crippen LogP contribution in [0.3, 0.4) is 0 Å². The van der Waals surface area contributed by atoms with Gasteiger partial charge in [-0.2, -0.15) is 4.98 Å². The third-order valence-electron chi connectivity index (χ3n) is 5.09. The lowest BCUT2D eigenvalue weighted by atomic mass is 9.96. The maximum atomic E-state index is 12.6. The molecule has 2 N–H and O–H groups in total. The van der Waals surface area contributed by atoms with Crippen molar-refractivity contribution in [2.24, 2.45) is 0 Å². The Bertz CT molecular complexity index is 890. The maximum Gasteiger partial charge on any atom is 0.223 e. The molecule has 6 heteroatoms. The molecule has 3 aromatic rings. The number of para-hydroxylation sites is 1. The average molecular weight is 338 g/mol.